The minimum atomic E-state index is 0. The fourth-order valence-corrected chi connectivity index (χ4v) is 5.72. The first-order valence-corrected chi connectivity index (χ1v) is 12.5. The summed E-state index contributed by atoms with van der Waals surface area (Å²) in [6.07, 6.45) is 4.95. The van der Waals surface area contributed by atoms with Gasteiger partial charge in [0.05, 0.1) is 5.69 Å². The van der Waals surface area contributed by atoms with Gasteiger partial charge < -0.3 is 19.4 Å². The van der Waals surface area contributed by atoms with Gasteiger partial charge in [0.1, 0.15) is 12.4 Å². The van der Waals surface area contributed by atoms with Crippen molar-refractivity contribution in [1.82, 2.24) is 4.90 Å². The minimum absolute atomic E-state index is 0. The molecule has 3 heterocycles. The third kappa shape index (κ3) is 5.40. The number of para-hydroxylation sites is 3. The Morgan fingerprint density at radius 3 is 2.43 bits per heavy atom. The van der Waals surface area contributed by atoms with E-state index < -0.39 is 0 Å². The molecule has 0 N–H and O–H groups in total. The molecule has 2 saturated heterocycles. The second kappa shape index (κ2) is 11.6. The summed E-state index contributed by atoms with van der Waals surface area (Å²) in [5.74, 6) is 0.992. The summed E-state index contributed by atoms with van der Waals surface area (Å²) in [7, 11) is 0. The Hall–Kier alpha value is -2.40. The van der Waals surface area contributed by atoms with Crippen LogP contribution in [0, 0.1) is 0 Å². The number of halogens is 2. The van der Waals surface area contributed by atoms with E-state index in [0.717, 1.165) is 31.8 Å². The average molecular weight is 513 g/mol. The molecule has 3 aromatic carbocycles. The number of nitrogens with zero attached hydrogens (tertiary/aromatic N) is 3. The molecule has 0 amide bonds. The smallest absolute Gasteiger partial charge is 0.143 e. The summed E-state index contributed by atoms with van der Waals surface area (Å²) in [6.45, 7) is 6.41. The first kappa shape index (κ1) is 25.7. The lowest BCUT2D eigenvalue weighted by atomic mass is 10.1. The van der Waals surface area contributed by atoms with Crippen molar-refractivity contribution in [3.05, 3.63) is 83.9 Å². The maximum atomic E-state index is 6.19. The maximum Gasteiger partial charge on any atom is 0.143 e. The van der Waals surface area contributed by atoms with Gasteiger partial charge in [-0.05, 0) is 61.6 Å². The zero-order chi connectivity index (χ0) is 22.0. The fourth-order valence-electron chi connectivity index (χ4n) is 5.72. The van der Waals surface area contributed by atoms with E-state index in [-0.39, 0.29) is 24.8 Å². The lowest BCUT2D eigenvalue weighted by Gasteiger charge is -2.32. The largest absolute Gasteiger partial charge is 0.487 e. The summed E-state index contributed by atoms with van der Waals surface area (Å²) < 4.78 is 6.19. The topological polar surface area (TPSA) is 19.0 Å². The number of benzene rings is 3. The van der Waals surface area contributed by atoms with E-state index in [1.165, 1.54) is 60.5 Å². The van der Waals surface area contributed by atoms with Crippen molar-refractivity contribution in [2.75, 3.05) is 42.5 Å². The first-order chi connectivity index (χ1) is 16.3. The third-order valence-electron chi connectivity index (χ3n) is 7.47. The van der Waals surface area contributed by atoms with Crippen molar-refractivity contribution < 1.29 is 4.74 Å². The number of likely N-dealkylation sites (tertiary alicyclic amines) is 1. The van der Waals surface area contributed by atoms with Crippen LogP contribution in [0.25, 0.3) is 0 Å². The van der Waals surface area contributed by atoms with Gasteiger partial charge in [0, 0.05) is 55.7 Å². The van der Waals surface area contributed by atoms with Gasteiger partial charge in [-0.2, -0.15) is 0 Å². The summed E-state index contributed by atoms with van der Waals surface area (Å²) in [4.78, 5) is 7.72. The van der Waals surface area contributed by atoms with Gasteiger partial charge >= 0.3 is 0 Å². The van der Waals surface area contributed by atoms with Crippen molar-refractivity contribution >= 4 is 41.9 Å². The molecule has 0 unspecified atom stereocenters. The molecule has 0 bridgehead atoms. The fraction of sp³-hybridized carbons (Fsp3) is 0.379. The highest BCUT2D eigenvalue weighted by atomic mass is 35.5. The SMILES string of the molecule is Cl.Cl.c1cc(CCN2CC[C@@H](N3c4ccccc4COc4ccccc43)C2)cc(N2CCCC2)c1. The van der Waals surface area contributed by atoms with E-state index >= 15 is 0 Å². The van der Waals surface area contributed by atoms with E-state index in [2.05, 4.69) is 87.5 Å². The van der Waals surface area contributed by atoms with Crippen LogP contribution in [0.15, 0.2) is 72.8 Å². The van der Waals surface area contributed by atoms with Crippen LogP contribution in [0.3, 0.4) is 0 Å². The summed E-state index contributed by atoms with van der Waals surface area (Å²) in [5.41, 5.74) is 6.63. The molecule has 6 heteroatoms. The van der Waals surface area contributed by atoms with Crippen LogP contribution in [-0.4, -0.2) is 43.7 Å². The molecule has 0 radical (unpaired) electrons. The monoisotopic (exact) mass is 511 g/mol. The molecule has 0 aliphatic carbocycles. The number of fused-ring (bicyclic) bond motifs is 2. The zero-order valence-corrected chi connectivity index (χ0v) is 21.8. The van der Waals surface area contributed by atoms with Crippen molar-refractivity contribution in [2.45, 2.75) is 38.3 Å². The second-order valence-electron chi connectivity index (χ2n) is 9.61. The number of hydrogen-bond donors (Lipinski definition) is 0. The van der Waals surface area contributed by atoms with E-state index in [9.17, 15) is 0 Å². The summed E-state index contributed by atoms with van der Waals surface area (Å²) >= 11 is 0. The highest BCUT2D eigenvalue weighted by molar-refractivity contribution is 5.85. The summed E-state index contributed by atoms with van der Waals surface area (Å²) in [6, 6.07) is 26.9. The Bertz CT molecular complexity index is 1070. The van der Waals surface area contributed by atoms with Gasteiger partial charge in [0.15, 0.2) is 0 Å². The lowest BCUT2D eigenvalue weighted by Crippen LogP contribution is -2.35. The van der Waals surface area contributed by atoms with E-state index in [1.807, 2.05) is 0 Å². The maximum absolute atomic E-state index is 6.19. The second-order valence-corrected chi connectivity index (χ2v) is 9.61. The van der Waals surface area contributed by atoms with Crippen LogP contribution in [0.5, 0.6) is 5.75 Å². The molecule has 186 valence electrons. The first-order valence-electron chi connectivity index (χ1n) is 12.5. The van der Waals surface area contributed by atoms with Gasteiger partial charge in [-0.25, -0.2) is 0 Å². The molecule has 35 heavy (non-hydrogen) atoms. The molecule has 3 aliphatic rings. The van der Waals surface area contributed by atoms with Gasteiger partial charge in [0.2, 0.25) is 0 Å². The standard InChI is InChI=1S/C29H33N3O.2ClH/c1-2-11-27-24(9-1)22-33-29-13-4-3-12-28(29)32(27)26-15-19-30(21-26)18-14-23-8-7-10-25(20-23)31-16-5-6-17-31;;/h1-4,7-13,20,26H,5-6,14-19,21-22H2;2*1H/t26-;;/m1../s1. The highest BCUT2D eigenvalue weighted by Gasteiger charge is 2.32. The number of ether oxygens (including phenoxy) is 1. The highest BCUT2D eigenvalue weighted by Crippen LogP contribution is 2.42. The van der Waals surface area contributed by atoms with E-state index in [0.29, 0.717) is 12.6 Å². The third-order valence-corrected chi connectivity index (χ3v) is 7.47. The van der Waals surface area contributed by atoms with Gasteiger partial charge in [0.25, 0.3) is 0 Å². The molecule has 0 aromatic heterocycles. The Morgan fingerprint density at radius 2 is 1.57 bits per heavy atom. The predicted molar refractivity (Wildman–Crippen MR) is 150 cm³/mol. The Morgan fingerprint density at radius 1 is 0.800 bits per heavy atom. The number of hydrogen-bond acceptors (Lipinski definition) is 4. The van der Waals surface area contributed by atoms with Gasteiger partial charge in [-0.1, -0.05) is 42.5 Å². The molecule has 0 saturated carbocycles. The lowest BCUT2D eigenvalue weighted by molar-refractivity contribution is 0.310. The zero-order valence-electron chi connectivity index (χ0n) is 20.1. The van der Waals surface area contributed by atoms with Crippen molar-refractivity contribution in [3.63, 3.8) is 0 Å². The van der Waals surface area contributed by atoms with E-state index in [4.69, 9.17) is 4.74 Å². The van der Waals surface area contributed by atoms with E-state index in [1.54, 1.807) is 0 Å². The van der Waals surface area contributed by atoms with Crippen LogP contribution in [0.2, 0.25) is 0 Å². The number of rotatable bonds is 5. The molecule has 3 aromatic rings. The van der Waals surface area contributed by atoms with Crippen LogP contribution in [-0.2, 0) is 13.0 Å². The van der Waals surface area contributed by atoms with Crippen LogP contribution >= 0.6 is 24.8 Å². The van der Waals surface area contributed by atoms with Crippen LogP contribution in [0.4, 0.5) is 17.1 Å². The molecule has 1 atom stereocenters. The van der Waals surface area contributed by atoms with Gasteiger partial charge in [-0.15, -0.1) is 24.8 Å². The van der Waals surface area contributed by atoms with Crippen molar-refractivity contribution in [1.29, 1.82) is 0 Å². The normalized spacial score (nSPS) is 19.1. The Kier molecular flexibility index (Phi) is 8.48. The van der Waals surface area contributed by atoms with Crippen molar-refractivity contribution in [3.8, 4) is 5.75 Å². The molecule has 4 nitrogen and oxygen atoms in total. The average Bonchev–Trinajstić information content (AvgIpc) is 3.53. The quantitative estimate of drug-likeness (QED) is 0.390. The van der Waals surface area contributed by atoms with Gasteiger partial charge in [-0.3, -0.25) is 0 Å². The van der Waals surface area contributed by atoms with Crippen LogP contribution < -0.4 is 14.5 Å². The number of anilines is 3. The van der Waals surface area contributed by atoms with Crippen molar-refractivity contribution in [2.24, 2.45) is 0 Å². The Labute approximate surface area is 221 Å². The molecule has 6 rings (SSSR count). The van der Waals surface area contributed by atoms with Crippen LogP contribution in [0.1, 0.15) is 30.4 Å². The minimum Gasteiger partial charge on any atom is -0.487 e. The molecule has 2 fully saturated rings. The molecule has 3 aliphatic heterocycles. The molecule has 0 spiro atoms. The Balaban J connectivity index is 0.00000144. The summed E-state index contributed by atoms with van der Waals surface area (Å²) in [5, 5.41) is 0. The molecular weight excluding hydrogens is 477 g/mol. The predicted octanol–water partition coefficient (Wildman–Crippen LogP) is 6.48. The molecular formula is C29H35Cl2N3O.